The fourth-order valence-corrected chi connectivity index (χ4v) is 5.90. The van der Waals surface area contributed by atoms with Crippen molar-refractivity contribution < 1.29 is 19.1 Å². The Hall–Kier alpha value is -4.03. The van der Waals surface area contributed by atoms with Crippen molar-refractivity contribution >= 4 is 22.6 Å². The SMILES string of the molecule is Cc1ccc(F)c([C@@H]2C[C@H](c3ccc4cc(C)ccc4c3)N(C(C)c3ccc(C(=O)NCCC(=O)O)cc3)C2)c1. The number of rotatable bonds is 8. The molecular weight excluding hydrogens is 503 g/mol. The molecule has 1 amide bonds. The summed E-state index contributed by atoms with van der Waals surface area (Å²) in [7, 11) is 0. The van der Waals surface area contributed by atoms with Crippen LogP contribution in [0.5, 0.6) is 0 Å². The Morgan fingerprint density at radius 1 is 0.950 bits per heavy atom. The smallest absolute Gasteiger partial charge is 0.305 e. The summed E-state index contributed by atoms with van der Waals surface area (Å²) >= 11 is 0. The van der Waals surface area contributed by atoms with Gasteiger partial charge in [0.1, 0.15) is 5.82 Å². The number of hydrogen-bond donors (Lipinski definition) is 2. The maximum Gasteiger partial charge on any atom is 0.305 e. The van der Waals surface area contributed by atoms with Crippen molar-refractivity contribution in [3.63, 3.8) is 0 Å². The number of carboxylic acids is 1. The molecular formula is C34H35FN2O3. The lowest BCUT2D eigenvalue weighted by Gasteiger charge is -2.31. The first-order chi connectivity index (χ1) is 19.2. The Morgan fingerprint density at radius 3 is 2.38 bits per heavy atom. The third-order valence-corrected chi connectivity index (χ3v) is 8.11. The molecule has 0 spiro atoms. The summed E-state index contributed by atoms with van der Waals surface area (Å²) in [5.74, 6) is -1.34. The molecule has 1 fully saturated rings. The van der Waals surface area contributed by atoms with E-state index in [4.69, 9.17) is 5.11 Å². The largest absolute Gasteiger partial charge is 0.481 e. The summed E-state index contributed by atoms with van der Waals surface area (Å²) in [5, 5.41) is 13.9. The summed E-state index contributed by atoms with van der Waals surface area (Å²) in [6, 6.07) is 26.1. The molecule has 4 aromatic rings. The topological polar surface area (TPSA) is 69.6 Å². The van der Waals surface area contributed by atoms with Gasteiger partial charge in [0, 0.05) is 36.7 Å². The minimum atomic E-state index is -0.949. The van der Waals surface area contributed by atoms with Crippen molar-refractivity contribution in [2.45, 2.75) is 51.6 Å². The van der Waals surface area contributed by atoms with Crippen LogP contribution in [-0.4, -0.2) is 35.0 Å². The molecule has 1 heterocycles. The van der Waals surface area contributed by atoms with E-state index < -0.39 is 5.97 Å². The average molecular weight is 539 g/mol. The number of amides is 1. The highest BCUT2D eigenvalue weighted by Crippen LogP contribution is 2.46. The van der Waals surface area contributed by atoms with Gasteiger partial charge >= 0.3 is 5.97 Å². The molecule has 0 bridgehead atoms. The van der Waals surface area contributed by atoms with Crippen molar-refractivity contribution in [2.75, 3.05) is 13.1 Å². The third-order valence-electron chi connectivity index (χ3n) is 8.11. The van der Waals surface area contributed by atoms with Crippen LogP contribution in [0.3, 0.4) is 0 Å². The van der Waals surface area contributed by atoms with E-state index in [9.17, 15) is 9.59 Å². The predicted molar refractivity (Wildman–Crippen MR) is 156 cm³/mol. The average Bonchev–Trinajstić information content (AvgIpc) is 3.39. The van der Waals surface area contributed by atoms with Crippen LogP contribution in [-0.2, 0) is 4.79 Å². The number of aryl methyl sites for hydroxylation is 2. The molecule has 0 radical (unpaired) electrons. The van der Waals surface area contributed by atoms with Crippen LogP contribution in [0.1, 0.15) is 75.9 Å². The minimum absolute atomic E-state index is 0.0284. The van der Waals surface area contributed by atoms with Gasteiger partial charge in [-0.25, -0.2) is 4.39 Å². The molecule has 1 saturated heterocycles. The Morgan fingerprint density at radius 2 is 1.62 bits per heavy atom. The molecule has 6 heteroatoms. The fraction of sp³-hybridized carbons (Fsp3) is 0.294. The number of halogens is 1. The number of hydrogen-bond acceptors (Lipinski definition) is 3. The molecule has 40 heavy (non-hydrogen) atoms. The number of nitrogens with zero attached hydrogens (tertiary/aromatic N) is 1. The van der Waals surface area contributed by atoms with Crippen LogP contribution in [0, 0.1) is 19.7 Å². The van der Waals surface area contributed by atoms with E-state index in [1.165, 1.54) is 21.9 Å². The van der Waals surface area contributed by atoms with Crippen molar-refractivity contribution in [3.8, 4) is 0 Å². The molecule has 0 saturated carbocycles. The van der Waals surface area contributed by atoms with E-state index >= 15 is 4.39 Å². The van der Waals surface area contributed by atoms with Crippen LogP contribution >= 0.6 is 0 Å². The van der Waals surface area contributed by atoms with Gasteiger partial charge in [-0.15, -0.1) is 0 Å². The number of aliphatic carboxylic acids is 1. The monoisotopic (exact) mass is 538 g/mol. The summed E-state index contributed by atoms with van der Waals surface area (Å²) in [5.41, 5.74) is 5.82. The maximum absolute atomic E-state index is 15.0. The van der Waals surface area contributed by atoms with Gasteiger partial charge in [0.2, 0.25) is 0 Å². The first-order valence-electron chi connectivity index (χ1n) is 13.8. The van der Waals surface area contributed by atoms with Crippen molar-refractivity contribution in [2.24, 2.45) is 0 Å². The van der Waals surface area contributed by atoms with E-state index in [0.29, 0.717) is 5.56 Å². The predicted octanol–water partition coefficient (Wildman–Crippen LogP) is 7.09. The maximum atomic E-state index is 15.0. The molecule has 5 rings (SSSR count). The molecule has 2 N–H and O–H groups in total. The van der Waals surface area contributed by atoms with Gasteiger partial charge in [0.05, 0.1) is 6.42 Å². The number of carboxylic acid groups (broad SMARTS) is 1. The van der Waals surface area contributed by atoms with Gasteiger partial charge < -0.3 is 10.4 Å². The Balaban J connectivity index is 1.43. The molecule has 5 nitrogen and oxygen atoms in total. The second-order valence-electron chi connectivity index (χ2n) is 11.0. The lowest BCUT2D eigenvalue weighted by molar-refractivity contribution is -0.136. The third kappa shape index (κ3) is 5.92. The molecule has 0 aliphatic carbocycles. The number of likely N-dealkylation sites (tertiary alicyclic amines) is 1. The van der Waals surface area contributed by atoms with Crippen LogP contribution in [0.2, 0.25) is 0 Å². The Bertz CT molecular complexity index is 1550. The highest BCUT2D eigenvalue weighted by atomic mass is 19.1. The zero-order chi connectivity index (χ0) is 28.4. The van der Waals surface area contributed by atoms with Gasteiger partial charge in [-0.2, -0.15) is 0 Å². The Labute approximate surface area is 234 Å². The molecule has 1 unspecified atom stereocenters. The molecule has 1 aliphatic heterocycles. The highest BCUT2D eigenvalue weighted by Gasteiger charge is 2.38. The van der Waals surface area contributed by atoms with E-state index in [2.05, 4.69) is 60.5 Å². The van der Waals surface area contributed by atoms with E-state index in [1.807, 2.05) is 31.2 Å². The van der Waals surface area contributed by atoms with Gasteiger partial charge in [0.15, 0.2) is 0 Å². The minimum Gasteiger partial charge on any atom is -0.481 e. The first kappa shape index (κ1) is 27.5. The second kappa shape index (κ2) is 11.6. The Kier molecular flexibility index (Phi) is 7.99. The number of fused-ring (bicyclic) bond motifs is 1. The van der Waals surface area contributed by atoms with E-state index in [1.54, 1.807) is 18.2 Å². The summed E-state index contributed by atoms with van der Waals surface area (Å²) in [6.45, 7) is 7.06. The van der Waals surface area contributed by atoms with Crippen molar-refractivity contribution in [3.05, 3.63) is 118 Å². The normalized spacial score (nSPS) is 18.1. The van der Waals surface area contributed by atoms with Crippen molar-refractivity contribution in [1.29, 1.82) is 0 Å². The van der Waals surface area contributed by atoms with Gasteiger partial charge in [-0.3, -0.25) is 14.5 Å². The van der Waals surface area contributed by atoms with E-state index in [-0.39, 0.29) is 42.7 Å². The van der Waals surface area contributed by atoms with E-state index in [0.717, 1.165) is 29.7 Å². The number of nitrogens with one attached hydrogen (secondary N) is 1. The summed E-state index contributed by atoms with van der Waals surface area (Å²) in [6.07, 6.45) is 0.695. The standard InChI is InChI=1S/C34H35FN2O3/c1-21-4-6-27-18-28(12-11-26(27)16-21)32-19-29(30-17-22(2)5-13-31(30)35)20-37(32)23(3)24-7-9-25(10-8-24)34(40)36-15-14-33(38)39/h4-13,16-18,23,29,32H,14-15,19-20H2,1-3H3,(H,36,40)(H,38,39)/t23?,29-,32-/m1/s1. The molecule has 4 aromatic carbocycles. The highest BCUT2D eigenvalue weighted by molar-refractivity contribution is 5.94. The second-order valence-corrected chi connectivity index (χ2v) is 11.0. The van der Waals surface area contributed by atoms with Crippen LogP contribution in [0.15, 0.2) is 78.9 Å². The lowest BCUT2D eigenvalue weighted by atomic mass is 9.91. The quantitative estimate of drug-likeness (QED) is 0.251. The zero-order valence-corrected chi connectivity index (χ0v) is 23.2. The summed E-state index contributed by atoms with van der Waals surface area (Å²) < 4.78 is 15.0. The summed E-state index contributed by atoms with van der Waals surface area (Å²) in [4.78, 5) is 25.6. The molecule has 1 aliphatic rings. The zero-order valence-electron chi connectivity index (χ0n) is 23.2. The number of carbonyl (C=O) groups excluding carboxylic acids is 1. The molecule has 206 valence electrons. The molecule has 3 atom stereocenters. The van der Waals surface area contributed by atoms with Crippen molar-refractivity contribution in [1.82, 2.24) is 10.2 Å². The lowest BCUT2D eigenvalue weighted by Crippen LogP contribution is -2.28. The van der Waals surface area contributed by atoms with Crippen LogP contribution in [0.25, 0.3) is 10.8 Å². The van der Waals surface area contributed by atoms with Crippen LogP contribution < -0.4 is 5.32 Å². The van der Waals surface area contributed by atoms with Gasteiger partial charge in [-0.05, 0) is 78.9 Å². The number of benzene rings is 4. The van der Waals surface area contributed by atoms with Gasteiger partial charge in [0.25, 0.3) is 5.91 Å². The number of carbonyl (C=O) groups is 2. The first-order valence-corrected chi connectivity index (χ1v) is 13.8. The van der Waals surface area contributed by atoms with Gasteiger partial charge in [-0.1, -0.05) is 65.7 Å². The fourth-order valence-electron chi connectivity index (χ4n) is 5.90. The van der Waals surface area contributed by atoms with Crippen LogP contribution in [0.4, 0.5) is 4.39 Å². The molecule has 0 aromatic heterocycles.